The van der Waals surface area contributed by atoms with Crippen LogP contribution in [-0.2, 0) is 6.42 Å². The second kappa shape index (κ2) is 10.4. The maximum Gasteiger partial charge on any atom is 0.251 e. The van der Waals surface area contributed by atoms with Gasteiger partial charge in [-0.1, -0.05) is 67.9 Å². The van der Waals surface area contributed by atoms with Gasteiger partial charge in [-0.05, 0) is 68.7 Å². The summed E-state index contributed by atoms with van der Waals surface area (Å²) in [6.07, 6.45) is 4.00. The Balaban J connectivity index is 1.34. The lowest BCUT2D eigenvalue weighted by atomic mass is 9.64. The van der Waals surface area contributed by atoms with Crippen molar-refractivity contribution in [3.8, 4) is 5.75 Å². The van der Waals surface area contributed by atoms with Crippen LogP contribution < -0.4 is 10.1 Å². The van der Waals surface area contributed by atoms with Crippen LogP contribution in [0.1, 0.15) is 67.4 Å². The highest BCUT2D eigenvalue weighted by atomic mass is 16.5. The van der Waals surface area contributed by atoms with Crippen LogP contribution in [0.25, 0.3) is 32.8 Å². The number of aromatic nitrogens is 2. The number of nitrogens with one attached hydrogen (secondary N) is 1. The maximum absolute atomic E-state index is 13.3. The first-order valence-electron chi connectivity index (χ1n) is 15.1. The molecule has 1 unspecified atom stereocenters. The zero-order chi connectivity index (χ0) is 29.0. The summed E-state index contributed by atoms with van der Waals surface area (Å²) in [7, 11) is 0. The summed E-state index contributed by atoms with van der Waals surface area (Å²) in [6, 6.07) is 23.3. The van der Waals surface area contributed by atoms with Gasteiger partial charge >= 0.3 is 0 Å². The molecule has 214 valence electrons. The van der Waals surface area contributed by atoms with Gasteiger partial charge in [0.05, 0.1) is 34.7 Å². The Morgan fingerprint density at radius 1 is 0.976 bits per heavy atom. The van der Waals surface area contributed by atoms with Crippen LogP contribution in [0.3, 0.4) is 0 Å². The Labute approximate surface area is 246 Å². The Morgan fingerprint density at radius 2 is 1.71 bits per heavy atom. The average Bonchev–Trinajstić information content (AvgIpc) is 2.99. The number of aliphatic hydroxyl groups excluding tert-OH is 1. The number of carbonyl (C=O) groups excluding carboxylic acids is 1. The lowest BCUT2D eigenvalue weighted by molar-refractivity contribution is -0.0115. The zero-order valence-corrected chi connectivity index (χ0v) is 24.4. The number of hydrogen-bond donors (Lipinski definition) is 2. The van der Waals surface area contributed by atoms with E-state index in [1.807, 2.05) is 48.5 Å². The lowest BCUT2D eigenvalue weighted by Gasteiger charge is -2.49. The van der Waals surface area contributed by atoms with Crippen molar-refractivity contribution in [3.63, 3.8) is 0 Å². The molecule has 1 aliphatic carbocycles. The van der Waals surface area contributed by atoms with Gasteiger partial charge in [0, 0.05) is 27.8 Å². The standard InChI is InChI=1S/C36H37N3O3/c1-21-13-15-28-27(17-21)31-33-32(25-11-7-8-12-26(25)34(31)42-36(28,2)3)38-29-16-14-23(19-30(29)39-33)35(41)37-24(20-40)18-22-9-5-4-6-10-22/h4-12,14,16,19,21,24,27-28,40H,13,15,17-18,20H2,1-3H3,(H,37,41)/t21-,24?,27-,28-/m1/s1. The number of hydrogen-bond acceptors (Lipinski definition) is 5. The monoisotopic (exact) mass is 559 g/mol. The number of fused-ring (bicyclic) bond motifs is 9. The van der Waals surface area contributed by atoms with Crippen molar-refractivity contribution in [2.75, 3.05) is 6.61 Å². The molecule has 0 radical (unpaired) electrons. The first-order chi connectivity index (χ1) is 20.3. The quantitative estimate of drug-likeness (QED) is 0.180. The molecule has 1 fully saturated rings. The molecule has 6 heteroatoms. The van der Waals surface area contributed by atoms with Crippen LogP contribution >= 0.6 is 0 Å². The number of nitrogens with zero attached hydrogens (tertiary/aromatic N) is 2. The third kappa shape index (κ3) is 4.58. The van der Waals surface area contributed by atoms with Gasteiger partial charge in [0.2, 0.25) is 0 Å². The van der Waals surface area contributed by atoms with Gasteiger partial charge in [-0.3, -0.25) is 4.79 Å². The van der Waals surface area contributed by atoms with E-state index in [4.69, 9.17) is 14.7 Å². The molecule has 7 rings (SSSR count). The second-order valence-electron chi connectivity index (χ2n) is 12.8. The van der Waals surface area contributed by atoms with E-state index < -0.39 is 0 Å². The number of aliphatic hydroxyl groups is 1. The normalized spacial score (nSPS) is 21.9. The van der Waals surface area contributed by atoms with E-state index in [9.17, 15) is 9.90 Å². The highest BCUT2D eigenvalue weighted by Crippen LogP contribution is 2.56. The van der Waals surface area contributed by atoms with E-state index in [-0.39, 0.29) is 24.2 Å². The number of carbonyl (C=O) groups is 1. The van der Waals surface area contributed by atoms with Crippen molar-refractivity contribution in [2.45, 2.75) is 64.0 Å². The van der Waals surface area contributed by atoms with Crippen molar-refractivity contribution in [1.29, 1.82) is 0 Å². The van der Waals surface area contributed by atoms with Gasteiger partial charge in [-0.15, -0.1) is 0 Å². The smallest absolute Gasteiger partial charge is 0.251 e. The maximum atomic E-state index is 13.3. The largest absolute Gasteiger partial charge is 0.487 e. The topological polar surface area (TPSA) is 84.3 Å². The third-order valence-electron chi connectivity index (χ3n) is 9.47. The van der Waals surface area contributed by atoms with E-state index in [0.29, 0.717) is 35.3 Å². The molecule has 5 aromatic rings. The fourth-order valence-electron chi connectivity index (χ4n) is 7.36. The molecule has 2 aliphatic rings. The van der Waals surface area contributed by atoms with Gasteiger partial charge in [-0.25, -0.2) is 9.97 Å². The predicted octanol–water partition coefficient (Wildman–Crippen LogP) is 6.96. The van der Waals surface area contributed by atoms with E-state index in [0.717, 1.165) is 51.5 Å². The highest BCUT2D eigenvalue weighted by molar-refractivity contribution is 6.11. The molecule has 6 nitrogen and oxygen atoms in total. The van der Waals surface area contributed by atoms with E-state index >= 15 is 0 Å². The molecule has 1 saturated carbocycles. The van der Waals surface area contributed by atoms with Crippen LogP contribution in [0, 0.1) is 11.8 Å². The summed E-state index contributed by atoms with van der Waals surface area (Å²) in [5.74, 6) is 2.07. The highest BCUT2D eigenvalue weighted by Gasteiger charge is 2.47. The first kappa shape index (κ1) is 26.8. The minimum atomic E-state index is -0.387. The molecule has 1 aromatic heterocycles. The molecular formula is C36H37N3O3. The van der Waals surface area contributed by atoms with Crippen molar-refractivity contribution >= 4 is 38.7 Å². The summed E-state index contributed by atoms with van der Waals surface area (Å²) in [5, 5.41) is 15.1. The zero-order valence-electron chi connectivity index (χ0n) is 24.4. The van der Waals surface area contributed by atoms with Gasteiger partial charge in [0.15, 0.2) is 0 Å². The molecule has 1 aliphatic heterocycles. The van der Waals surface area contributed by atoms with Crippen LogP contribution in [0.2, 0.25) is 0 Å². The first-order valence-corrected chi connectivity index (χ1v) is 15.1. The molecular weight excluding hydrogens is 522 g/mol. The molecule has 2 N–H and O–H groups in total. The molecule has 1 amide bonds. The molecule has 42 heavy (non-hydrogen) atoms. The lowest BCUT2D eigenvalue weighted by Crippen LogP contribution is -2.46. The SMILES string of the molecule is C[C@@H]1CC[C@@H]2[C@@H](C1)c1c(c3ccccc3c3nc4ccc(C(=O)NC(CO)Cc5ccccc5)cc4nc13)OC2(C)C. The molecule has 0 spiro atoms. The van der Waals surface area contributed by atoms with E-state index in [1.165, 1.54) is 12.0 Å². The molecule has 0 saturated heterocycles. The molecule has 0 bridgehead atoms. The van der Waals surface area contributed by atoms with E-state index in [2.05, 4.69) is 44.3 Å². The fourth-order valence-corrected chi connectivity index (χ4v) is 7.36. The minimum Gasteiger partial charge on any atom is -0.487 e. The summed E-state index contributed by atoms with van der Waals surface area (Å²) in [5.41, 5.74) is 5.66. The number of rotatable bonds is 5. The Bertz CT molecular complexity index is 1820. The van der Waals surface area contributed by atoms with Crippen LogP contribution in [0.4, 0.5) is 0 Å². The van der Waals surface area contributed by atoms with Crippen LogP contribution in [-0.4, -0.2) is 39.2 Å². The Morgan fingerprint density at radius 3 is 2.50 bits per heavy atom. The van der Waals surface area contributed by atoms with Crippen molar-refractivity contribution < 1.29 is 14.6 Å². The van der Waals surface area contributed by atoms with Crippen LogP contribution in [0.5, 0.6) is 5.75 Å². The molecule has 4 atom stereocenters. The van der Waals surface area contributed by atoms with Crippen molar-refractivity contribution in [3.05, 3.63) is 89.5 Å². The summed E-state index contributed by atoms with van der Waals surface area (Å²) in [6.45, 7) is 6.67. The van der Waals surface area contributed by atoms with Gasteiger partial charge in [0.1, 0.15) is 11.4 Å². The predicted molar refractivity (Wildman–Crippen MR) is 167 cm³/mol. The van der Waals surface area contributed by atoms with Crippen molar-refractivity contribution in [2.24, 2.45) is 11.8 Å². The molecule has 2 heterocycles. The Kier molecular flexibility index (Phi) is 6.62. The fraction of sp³-hybridized carbons (Fsp3) is 0.361. The van der Waals surface area contributed by atoms with Crippen molar-refractivity contribution in [1.82, 2.24) is 15.3 Å². The van der Waals surface area contributed by atoms with Gasteiger partial charge in [-0.2, -0.15) is 0 Å². The summed E-state index contributed by atoms with van der Waals surface area (Å²) < 4.78 is 6.87. The summed E-state index contributed by atoms with van der Waals surface area (Å²) in [4.78, 5) is 23.7. The Hall–Kier alpha value is -4.03. The van der Waals surface area contributed by atoms with Gasteiger partial charge in [0.25, 0.3) is 5.91 Å². The van der Waals surface area contributed by atoms with E-state index in [1.54, 1.807) is 6.07 Å². The van der Waals surface area contributed by atoms with Crippen LogP contribution in [0.15, 0.2) is 72.8 Å². The number of benzene rings is 4. The second-order valence-corrected chi connectivity index (χ2v) is 12.8. The minimum absolute atomic E-state index is 0.144. The third-order valence-corrected chi connectivity index (χ3v) is 9.47. The molecule has 4 aromatic carbocycles. The van der Waals surface area contributed by atoms with Gasteiger partial charge < -0.3 is 15.2 Å². The summed E-state index contributed by atoms with van der Waals surface area (Å²) >= 11 is 0. The number of ether oxygens (including phenoxy) is 1. The average molecular weight is 560 g/mol. The number of amides is 1.